The average molecular weight is 375 g/mol. The molecule has 1 aromatic heterocycles. The van der Waals surface area contributed by atoms with E-state index >= 15 is 0 Å². The molecule has 4 rings (SSSR count). The lowest BCUT2D eigenvalue weighted by Gasteiger charge is -2.18. The van der Waals surface area contributed by atoms with Gasteiger partial charge in [-0.25, -0.2) is 0 Å². The second kappa shape index (κ2) is 7.31. The first kappa shape index (κ1) is 18.0. The van der Waals surface area contributed by atoms with Crippen LogP contribution in [0.2, 0.25) is 0 Å². The predicted octanol–water partition coefficient (Wildman–Crippen LogP) is 2.37. The quantitative estimate of drug-likeness (QED) is 0.734. The molecule has 0 bridgehead atoms. The Morgan fingerprint density at radius 3 is 2.71 bits per heavy atom. The van der Waals surface area contributed by atoms with Crippen molar-refractivity contribution in [1.29, 1.82) is 0 Å². The monoisotopic (exact) mass is 375 g/mol. The van der Waals surface area contributed by atoms with Gasteiger partial charge in [0.1, 0.15) is 5.56 Å². The summed E-state index contributed by atoms with van der Waals surface area (Å²) in [6.45, 7) is 2.68. The molecule has 6 nitrogen and oxygen atoms in total. The molecule has 0 aliphatic carbocycles. The van der Waals surface area contributed by atoms with Crippen LogP contribution in [0.4, 0.5) is 0 Å². The number of carbonyl (C=O) groups excluding carboxylic acids is 2. The number of amides is 2. The Bertz CT molecular complexity index is 1110. The lowest BCUT2D eigenvalue weighted by molar-refractivity contribution is -0.128. The van der Waals surface area contributed by atoms with Gasteiger partial charge >= 0.3 is 0 Å². The van der Waals surface area contributed by atoms with Gasteiger partial charge in [0.15, 0.2) is 0 Å². The zero-order valence-corrected chi connectivity index (χ0v) is 15.6. The number of nitrogens with one attached hydrogen (secondary N) is 2. The van der Waals surface area contributed by atoms with E-state index in [-0.39, 0.29) is 23.9 Å². The van der Waals surface area contributed by atoms with Crippen molar-refractivity contribution in [3.63, 3.8) is 0 Å². The molecule has 1 aliphatic rings. The van der Waals surface area contributed by atoms with Gasteiger partial charge in [-0.1, -0.05) is 42.5 Å². The molecule has 2 heterocycles. The van der Waals surface area contributed by atoms with Crippen LogP contribution >= 0.6 is 0 Å². The number of carbonyl (C=O) groups is 2. The minimum absolute atomic E-state index is 0.00366. The number of aromatic amines is 1. The van der Waals surface area contributed by atoms with Crippen LogP contribution in [0.5, 0.6) is 0 Å². The van der Waals surface area contributed by atoms with Gasteiger partial charge in [-0.3, -0.25) is 14.4 Å². The summed E-state index contributed by atoms with van der Waals surface area (Å²) in [6, 6.07) is 17.0. The number of likely N-dealkylation sites (tertiary alicyclic amines) is 1. The second-order valence-corrected chi connectivity index (χ2v) is 7.17. The number of fused-ring (bicyclic) bond motifs is 1. The molecule has 1 unspecified atom stereocenters. The van der Waals surface area contributed by atoms with E-state index in [1.807, 2.05) is 42.5 Å². The van der Waals surface area contributed by atoms with Crippen molar-refractivity contribution < 1.29 is 9.59 Å². The van der Waals surface area contributed by atoms with Crippen LogP contribution in [0.15, 0.2) is 59.4 Å². The van der Waals surface area contributed by atoms with E-state index in [0.29, 0.717) is 18.8 Å². The van der Waals surface area contributed by atoms with Crippen molar-refractivity contribution in [2.24, 2.45) is 0 Å². The SMILES string of the molecule is Cc1ccc(C(=O)NC2CC(=O)N(Cc3cccc4ccccc34)C2)c(=O)[nH]1. The van der Waals surface area contributed by atoms with Crippen LogP contribution in [-0.4, -0.2) is 34.3 Å². The first-order valence-electron chi connectivity index (χ1n) is 9.26. The zero-order valence-electron chi connectivity index (χ0n) is 15.6. The smallest absolute Gasteiger partial charge is 0.260 e. The van der Waals surface area contributed by atoms with Crippen LogP contribution in [0, 0.1) is 6.92 Å². The normalized spacial score (nSPS) is 16.5. The summed E-state index contributed by atoms with van der Waals surface area (Å²) >= 11 is 0. The highest BCUT2D eigenvalue weighted by molar-refractivity contribution is 5.94. The minimum atomic E-state index is -0.453. The first-order chi connectivity index (χ1) is 13.5. The molecule has 3 aromatic rings. The van der Waals surface area contributed by atoms with Gasteiger partial charge < -0.3 is 15.2 Å². The summed E-state index contributed by atoms with van der Waals surface area (Å²) in [6.07, 6.45) is 0.236. The van der Waals surface area contributed by atoms with Crippen molar-refractivity contribution in [1.82, 2.24) is 15.2 Å². The van der Waals surface area contributed by atoms with Crippen molar-refractivity contribution in [2.45, 2.75) is 25.9 Å². The van der Waals surface area contributed by atoms with E-state index in [0.717, 1.165) is 16.3 Å². The van der Waals surface area contributed by atoms with Gasteiger partial charge in [-0.05, 0) is 35.4 Å². The van der Waals surface area contributed by atoms with Crippen LogP contribution < -0.4 is 10.9 Å². The Kier molecular flexibility index (Phi) is 4.69. The molecule has 2 N–H and O–H groups in total. The van der Waals surface area contributed by atoms with Crippen LogP contribution in [0.25, 0.3) is 10.8 Å². The first-order valence-corrected chi connectivity index (χ1v) is 9.26. The Morgan fingerprint density at radius 2 is 1.89 bits per heavy atom. The average Bonchev–Trinajstić information content (AvgIpc) is 3.00. The van der Waals surface area contributed by atoms with E-state index in [4.69, 9.17) is 0 Å². The van der Waals surface area contributed by atoms with Crippen LogP contribution in [-0.2, 0) is 11.3 Å². The van der Waals surface area contributed by atoms with E-state index in [9.17, 15) is 14.4 Å². The van der Waals surface area contributed by atoms with E-state index in [2.05, 4.69) is 10.3 Å². The maximum Gasteiger partial charge on any atom is 0.260 e. The number of rotatable bonds is 4. The second-order valence-electron chi connectivity index (χ2n) is 7.17. The number of nitrogens with zero attached hydrogens (tertiary/aromatic N) is 1. The highest BCUT2D eigenvalue weighted by Gasteiger charge is 2.31. The molecule has 2 aromatic carbocycles. The fourth-order valence-corrected chi connectivity index (χ4v) is 3.67. The van der Waals surface area contributed by atoms with E-state index < -0.39 is 11.5 Å². The number of H-pyrrole nitrogens is 1. The summed E-state index contributed by atoms with van der Waals surface area (Å²) in [4.78, 5) is 41.2. The fourth-order valence-electron chi connectivity index (χ4n) is 3.67. The Labute approximate surface area is 162 Å². The van der Waals surface area contributed by atoms with Crippen molar-refractivity contribution in [3.8, 4) is 0 Å². The lowest BCUT2D eigenvalue weighted by Crippen LogP contribution is -2.39. The highest BCUT2D eigenvalue weighted by atomic mass is 16.2. The minimum Gasteiger partial charge on any atom is -0.347 e. The summed E-state index contributed by atoms with van der Waals surface area (Å²) in [5.41, 5.74) is 1.41. The number of hydrogen-bond acceptors (Lipinski definition) is 3. The number of aromatic nitrogens is 1. The van der Waals surface area contributed by atoms with Gasteiger partial charge in [0.05, 0.1) is 6.04 Å². The molecule has 28 heavy (non-hydrogen) atoms. The molecule has 142 valence electrons. The maximum atomic E-state index is 12.5. The Balaban J connectivity index is 1.46. The topological polar surface area (TPSA) is 82.3 Å². The van der Waals surface area contributed by atoms with Crippen molar-refractivity contribution in [2.75, 3.05) is 6.54 Å². The third kappa shape index (κ3) is 3.53. The largest absolute Gasteiger partial charge is 0.347 e. The standard InChI is InChI=1S/C22H21N3O3/c1-14-9-10-19(21(27)23-14)22(28)24-17-11-20(26)25(13-17)12-16-7-4-6-15-5-2-3-8-18(15)16/h2-10,17H,11-13H2,1H3,(H,23,27)(H,24,28). The number of hydrogen-bond donors (Lipinski definition) is 2. The third-order valence-electron chi connectivity index (χ3n) is 5.09. The predicted molar refractivity (Wildman–Crippen MR) is 107 cm³/mol. The van der Waals surface area contributed by atoms with E-state index in [1.165, 1.54) is 6.07 Å². The molecule has 1 atom stereocenters. The molecule has 6 heteroatoms. The van der Waals surface area contributed by atoms with Crippen molar-refractivity contribution in [3.05, 3.63) is 81.8 Å². The number of benzene rings is 2. The van der Waals surface area contributed by atoms with Gasteiger partial charge in [0, 0.05) is 25.2 Å². The number of aryl methyl sites for hydroxylation is 1. The molecule has 0 radical (unpaired) electrons. The molecule has 1 aliphatic heterocycles. The zero-order chi connectivity index (χ0) is 19.7. The van der Waals surface area contributed by atoms with E-state index in [1.54, 1.807) is 17.9 Å². The molecule has 0 saturated carbocycles. The van der Waals surface area contributed by atoms with Gasteiger partial charge in [0.2, 0.25) is 5.91 Å². The summed E-state index contributed by atoms with van der Waals surface area (Å²) in [5, 5.41) is 5.07. The lowest BCUT2D eigenvalue weighted by atomic mass is 10.0. The van der Waals surface area contributed by atoms with Crippen LogP contribution in [0.1, 0.15) is 28.0 Å². The third-order valence-corrected chi connectivity index (χ3v) is 5.09. The molecular formula is C22H21N3O3. The fraction of sp³-hybridized carbons (Fsp3) is 0.227. The van der Waals surface area contributed by atoms with Gasteiger partial charge in [-0.15, -0.1) is 0 Å². The van der Waals surface area contributed by atoms with Crippen LogP contribution in [0.3, 0.4) is 0 Å². The molecule has 2 amide bonds. The Hall–Kier alpha value is -3.41. The molecule has 0 spiro atoms. The number of pyridine rings is 1. The summed E-state index contributed by atoms with van der Waals surface area (Å²) in [7, 11) is 0. The summed E-state index contributed by atoms with van der Waals surface area (Å²) < 4.78 is 0. The summed E-state index contributed by atoms with van der Waals surface area (Å²) in [5.74, 6) is -0.456. The highest BCUT2D eigenvalue weighted by Crippen LogP contribution is 2.22. The maximum absolute atomic E-state index is 12.5. The molecular weight excluding hydrogens is 354 g/mol. The van der Waals surface area contributed by atoms with Crippen molar-refractivity contribution >= 4 is 22.6 Å². The van der Waals surface area contributed by atoms with Gasteiger partial charge in [-0.2, -0.15) is 0 Å². The van der Waals surface area contributed by atoms with Gasteiger partial charge in [0.25, 0.3) is 11.5 Å². The molecule has 1 fully saturated rings. The Morgan fingerprint density at radius 1 is 1.11 bits per heavy atom. The molecule has 1 saturated heterocycles.